The molecule has 1 atom stereocenters. The van der Waals surface area contributed by atoms with E-state index in [2.05, 4.69) is 41.7 Å². The summed E-state index contributed by atoms with van der Waals surface area (Å²) in [6, 6.07) is 14.9. The lowest BCUT2D eigenvalue weighted by molar-refractivity contribution is -0.00000458. The van der Waals surface area contributed by atoms with Crippen LogP contribution in [-0.4, -0.2) is 20.8 Å². The van der Waals surface area contributed by atoms with Crippen molar-refractivity contribution in [3.8, 4) is 11.5 Å². The molecule has 1 aliphatic rings. The van der Waals surface area contributed by atoms with E-state index >= 15 is 0 Å². The van der Waals surface area contributed by atoms with Gasteiger partial charge in [-0.2, -0.15) is 0 Å². The molecule has 2 aromatic rings. The highest BCUT2D eigenvalue weighted by atomic mass is 35.5. The molecule has 0 radical (unpaired) electrons. The van der Waals surface area contributed by atoms with E-state index in [1.165, 1.54) is 16.7 Å². The molecule has 4 heteroatoms. The van der Waals surface area contributed by atoms with Crippen molar-refractivity contribution in [3.63, 3.8) is 0 Å². The first-order chi connectivity index (χ1) is 9.83. The van der Waals surface area contributed by atoms with Crippen LogP contribution in [0.2, 0.25) is 0 Å². The average molecular weight is 305 g/mol. The fourth-order valence-corrected chi connectivity index (χ4v) is 2.83. The van der Waals surface area contributed by atoms with Gasteiger partial charge in [0.1, 0.15) is 0 Å². The zero-order valence-electron chi connectivity index (χ0n) is 12.2. The standard InChI is InChI=1S/C17H19NO2.ClH/c1-19-15-10-13-8-9-18-17(12-6-4-3-5-7-12)14(13)11-16(15)20-2;/h3-7,10-11,17-18H,8-9H2,1-2H3;1H/p-1. The third-order valence-electron chi connectivity index (χ3n) is 3.83. The monoisotopic (exact) mass is 304 g/mol. The van der Waals surface area contributed by atoms with Gasteiger partial charge in [0.05, 0.1) is 20.3 Å². The number of methoxy groups -OCH3 is 2. The van der Waals surface area contributed by atoms with Gasteiger partial charge in [-0.15, -0.1) is 0 Å². The molecule has 1 unspecified atom stereocenters. The van der Waals surface area contributed by atoms with E-state index in [4.69, 9.17) is 9.47 Å². The zero-order valence-corrected chi connectivity index (χ0v) is 13.0. The van der Waals surface area contributed by atoms with Crippen LogP contribution in [0.1, 0.15) is 22.7 Å². The van der Waals surface area contributed by atoms with Crippen molar-refractivity contribution in [2.45, 2.75) is 12.5 Å². The van der Waals surface area contributed by atoms with Crippen LogP contribution < -0.4 is 27.2 Å². The van der Waals surface area contributed by atoms with E-state index in [0.717, 1.165) is 24.5 Å². The van der Waals surface area contributed by atoms with Gasteiger partial charge in [0, 0.05) is 6.54 Å². The van der Waals surface area contributed by atoms with Crippen LogP contribution in [0.5, 0.6) is 11.5 Å². The van der Waals surface area contributed by atoms with E-state index in [-0.39, 0.29) is 18.4 Å². The maximum absolute atomic E-state index is 5.43. The first kappa shape index (κ1) is 15.7. The number of rotatable bonds is 3. The fraction of sp³-hybridized carbons (Fsp3) is 0.294. The SMILES string of the molecule is COc1cc2c(cc1OC)C(c1ccccc1)NCC2.[Cl-]. The van der Waals surface area contributed by atoms with Gasteiger partial charge in [-0.25, -0.2) is 0 Å². The second-order valence-electron chi connectivity index (χ2n) is 4.95. The number of hydrogen-bond donors (Lipinski definition) is 1. The Morgan fingerprint density at radius 2 is 1.67 bits per heavy atom. The minimum Gasteiger partial charge on any atom is -1.00 e. The molecule has 0 fully saturated rings. The highest BCUT2D eigenvalue weighted by molar-refractivity contribution is 5.51. The molecule has 112 valence electrons. The van der Waals surface area contributed by atoms with Gasteiger partial charge < -0.3 is 27.2 Å². The fourth-order valence-electron chi connectivity index (χ4n) is 2.83. The molecule has 1 N–H and O–H groups in total. The van der Waals surface area contributed by atoms with Crippen molar-refractivity contribution in [3.05, 3.63) is 59.2 Å². The largest absolute Gasteiger partial charge is 1.00 e. The summed E-state index contributed by atoms with van der Waals surface area (Å²) in [4.78, 5) is 0. The summed E-state index contributed by atoms with van der Waals surface area (Å²) in [6.45, 7) is 0.974. The molecule has 0 aromatic heterocycles. The van der Waals surface area contributed by atoms with Gasteiger partial charge in [0.2, 0.25) is 0 Å². The molecule has 0 spiro atoms. The smallest absolute Gasteiger partial charge is 0.161 e. The Labute approximate surface area is 131 Å². The molecule has 1 heterocycles. The molecular formula is C17H19ClNO2-. The molecule has 0 saturated heterocycles. The van der Waals surface area contributed by atoms with Crippen LogP contribution >= 0.6 is 0 Å². The Morgan fingerprint density at radius 1 is 1.00 bits per heavy atom. The molecule has 21 heavy (non-hydrogen) atoms. The second-order valence-corrected chi connectivity index (χ2v) is 4.95. The molecule has 1 aliphatic heterocycles. The van der Waals surface area contributed by atoms with E-state index in [1.54, 1.807) is 14.2 Å². The molecule has 0 aliphatic carbocycles. The van der Waals surface area contributed by atoms with E-state index in [0.29, 0.717) is 0 Å². The van der Waals surface area contributed by atoms with Crippen molar-refractivity contribution >= 4 is 0 Å². The first-order valence-electron chi connectivity index (χ1n) is 6.86. The van der Waals surface area contributed by atoms with Crippen molar-refractivity contribution in [2.24, 2.45) is 0 Å². The summed E-state index contributed by atoms with van der Waals surface area (Å²) in [5.74, 6) is 1.59. The summed E-state index contributed by atoms with van der Waals surface area (Å²) in [5, 5.41) is 3.58. The Balaban J connectivity index is 0.00000161. The van der Waals surface area contributed by atoms with Gasteiger partial charge in [0.15, 0.2) is 11.5 Å². The molecule has 0 amide bonds. The molecule has 3 rings (SSSR count). The molecule has 2 aromatic carbocycles. The van der Waals surface area contributed by atoms with Crippen molar-refractivity contribution in [2.75, 3.05) is 20.8 Å². The predicted molar refractivity (Wildman–Crippen MR) is 79.5 cm³/mol. The van der Waals surface area contributed by atoms with Crippen molar-refractivity contribution < 1.29 is 21.9 Å². The maximum Gasteiger partial charge on any atom is 0.161 e. The Hall–Kier alpha value is -1.71. The molecule has 3 nitrogen and oxygen atoms in total. The highest BCUT2D eigenvalue weighted by Crippen LogP contribution is 2.37. The van der Waals surface area contributed by atoms with E-state index in [9.17, 15) is 0 Å². The van der Waals surface area contributed by atoms with Gasteiger partial charge in [-0.3, -0.25) is 0 Å². The van der Waals surface area contributed by atoms with Gasteiger partial charge in [-0.05, 0) is 35.2 Å². The lowest BCUT2D eigenvalue weighted by Gasteiger charge is -2.28. The lowest BCUT2D eigenvalue weighted by Crippen LogP contribution is -3.00. The number of halogens is 1. The molecule has 0 saturated carbocycles. The maximum atomic E-state index is 5.43. The van der Waals surface area contributed by atoms with Crippen LogP contribution in [0.25, 0.3) is 0 Å². The highest BCUT2D eigenvalue weighted by Gasteiger charge is 2.23. The normalized spacial score (nSPS) is 16.6. The van der Waals surface area contributed by atoms with Crippen LogP contribution in [0.3, 0.4) is 0 Å². The number of benzene rings is 2. The van der Waals surface area contributed by atoms with Gasteiger partial charge in [0.25, 0.3) is 0 Å². The van der Waals surface area contributed by atoms with Crippen LogP contribution in [0.4, 0.5) is 0 Å². The van der Waals surface area contributed by atoms with Crippen LogP contribution in [0, 0.1) is 0 Å². The molecule has 0 bridgehead atoms. The predicted octanol–water partition coefficient (Wildman–Crippen LogP) is -0.0571. The van der Waals surface area contributed by atoms with Gasteiger partial charge >= 0.3 is 0 Å². The van der Waals surface area contributed by atoms with Crippen molar-refractivity contribution in [1.29, 1.82) is 0 Å². The topological polar surface area (TPSA) is 30.5 Å². The summed E-state index contributed by atoms with van der Waals surface area (Å²) < 4.78 is 10.8. The average Bonchev–Trinajstić information content (AvgIpc) is 2.53. The zero-order chi connectivity index (χ0) is 13.9. The number of fused-ring (bicyclic) bond motifs is 1. The number of nitrogens with one attached hydrogen (secondary N) is 1. The Bertz CT molecular complexity index is 601. The second kappa shape index (κ2) is 6.83. The van der Waals surface area contributed by atoms with Crippen LogP contribution in [0.15, 0.2) is 42.5 Å². The van der Waals surface area contributed by atoms with Crippen LogP contribution in [-0.2, 0) is 6.42 Å². The van der Waals surface area contributed by atoms with E-state index in [1.807, 2.05) is 6.07 Å². The minimum atomic E-state index is 0. The summed E-state index contributed by atoms with van der Waals surface area (Å²) >= 11 is 0. The third-order valence-corrected chi connectivity index (χ3v) is 3.83. The van der Waals surface area contributed by atoms with E-state index < -0.39 is 0 Å². The third kappa shape index (κ3) is 2.99. The molecular weight excluding hydrogens is 286 g/mol. The Morgan fingerprint density at radius 3 is 2.33 bits per heavy atom. The minimum absolute atomic E-state index is 0. The first-order valence-corrected chi connectivity index (χ1v) is 6.86. The quantitative estimate of drug-likeness (QED) is 0.862. The van der Waals surface area contributed by atoms with Gasteiger partial charge in [-0.1, -0.05) is 30.3 Å². The van der Waals surface area contributed by atoms with Crippen molar-refractivity contribution in [1.82, 2.24) is 5.32 Å². The Kier molecular flexibility index (Phi) is 5.10. The summed E-state index contributed by atoms with van der Waals surface area (Å²) in [5.41, 5.74) is 3.89. The number of hydrogen-bond acceptors (Lipinski definition) is 3. The lowest BCUT2D eigenvalue weighted by atomic mass is 9.89. The number of ether oxygens (including phenoxy) is 2. The summed E-state index contributed by atoms with van der Waals surface area (Å²) in [7, 11) is 3.36. The summed E-state index contributed by atoms with van der Waals surface area (Å²) in [6.07, 6.45) is 1.01.